The molecule has 10 heteroatoms. The summed E-state index contributed by atoms with van der Waals surface area (Å²) in [6.07, 6.45) is -2.63. The summed E-state index contributed by atoms with van der Waals surface area (Å²) in [5.41, 5.74) is 5.60. The van der Waals surface area contributed by atoms with Gasteiger partial charge in [-0.3, -0.25) is 14.4 Å². The summed E-state index contributed by atoms with van der Waals surface area (Å²) in [6.45, 7) is 3.61. The topological polar surface area (TPSA) is 114 Å². The van der Waals surface area contributed by atoms with Gasteiger partial charge in [-0.1, -0.05) is 33.8 Å². The molecule has 2 rings (SSSR count). The molecule has 1 aromatic rings. The first kappa shape index (κ1) is 22.7. The van der Waals surface area contributed by atoms with Gasteiger partial charge in [-0.2, -0.15) is 0 Å². The van der Waals surface area contributed by atoms with Crippen LogP contribution in [0, 0.1) is 0 Å². The van der Waals surface area contributed by atoms with Crippen LogP contribution in [0.15, 0.2) is 33.6 Å². The molecule has 28 heavy (non-hydrogen) atoms. The van der Waals surface area contributed by atoms with E-state index < -0.39 is 47.7 Å². The first-order chi connectivity index (χ1) is 13.2. The highest BCUT2D eigenvalue weighted by Crippen LogP contribution is 2.36. The molecule has 5 unspecified atom stereocenters. The number of thioether (sulfide) groups is 1. The zero-order valence-electron chi connectivity index (χ0n) is 15.6. The minimum absolute atomic E-state index is 0.149. The van der Waals surface area contributed by atoms with E-state index in [0.29, 0.717) is 0 Å². The molecule has 1 fully saturated rings. The Hall–Kier alpha value is -1.62. The van der Waals surface area contributed by atoms with Crippen LogP contribution in [0.3, 0.4) is 0 Å². The molecule has 1 aliphatic rings. The number of benzene rings is 1. The molecule has 0 saturated carbocycles. The maximum Gasteiger partial charge on any atom is 0.303 e. The van der Waals surface area contributed by atoms with Crippen LogP contribution in [0.2, 0.25) is 0 Å². The van der Waals surface area contributed by atoms with Crippen LogP contribution >= 0.6 is 27.7 Å². The Morgan fingerprint density at radius 2 is 1.75 bits per heavy atom. The average molecular weight is 476 g/mol. The Balaban J connectivity index is 2.29. The van der Waals surface area contributed by atoms with Crippen molar-refractivity contribution in [2.45, 2.75) is 55.5 Å². The molecule has 8 nitrogen and oxygen atoms in total. The predicted octanol–water partition coefficient (Wildman–Crippen LogP) is 2.02. The van der Waals surface area contributed by atoms with Crippen LogP contribution in [-0.4, -0.2) is 54.3 Å². The molecule has 0 bridgehead atoms. The lowest BCUT2D eigenvalue weighted by molar-refractivity contribution is -0.201. The van der Waals surface area contributed by atoms with Crippen molar-refractivity contribution in [2.24, 2.45) is 5.73 Å². The van der Waals surface area contributed by atoms with E-state index in [9.17, 15) is 14.4 Å². The summed E-state index contributed by atoms with van der Waals surface area (Å²) in [6, 6.07) is 6.61. The predicted molar refractivity (Wildman–Crippen MR) is 104 cm³/mol. The smallest absolute Gasteiger partial charge is 0.303 e. The zero-order chi connectivity index (χ0) is 20.8. The minimum atomic E-state index is -0.944. The molecular weight excluding hydrogens is 454 g/mol. The van der Waals surface area contributed by atoms with Crippen molar-refractivity contribution < 1.29 is 33.3 Å². The molecule has 1 aliphatic heterocycles. The molecule has 2 N–H and O–H groups in total. The highest BCUT2D eigenvalue weighted by atomic mass is 79.9. The maximum atomic E-state index is 11.6. The van der Waals surface area contributed by atoms with Crippen LogP contribution in [-0.2, 0) is 33.3 Å². The van der Waals surface area contributed by atoms with E-state index in [1.54, 1.807) is 0 Å². The standard InChI is InChI=1S/C18H22BrNO7S/c1-9(21)24-8-14-16(25-10(2)22)15(20)17(26-11(3)23)18(27-14)28-13-6-4-5-12(19)7-13/h4-7,14-18H,8,20H2,1-3H3. The molecule has 1 saturated heterocycles. The van der Waals surface area contributed by atoms with Gasteiger partial charge in [0.1, 0.15) is 24.3 Å². The number of esters is 3. The van der Waals surface area contributed by atoms with Crippen molar-refractivity contribution in [2.75, 3.05) is 6.61 Å². The maximum absolute atomic E-state index is 11.6. The molecule has 0 aromatic heterocycles. The van der Waals surface area contributed by atoms with Crippen molar-refractivity contribution in [1.29, 1.82) is 0 Å². The average Bonchev–Trinajstić information content (AvgIpc) is 2.58. The van der Waals surface area contributed by atoms with E-state index in [-0.39, 0.29) is 6.61 Å². The third-order valence-corrected chi connectivity index (χ3v) is 5.44. The summed E-state index contributed by atoms with van der Waals surface area (Å²) in [5.74, 6) is -1.61. The van der Waals surface area contributed by atoms with Gasteiger partial charge in [-0.05, 0) is 18.2 Å². The number of ether oxygens (including phenoxy) is 4. The second-order valence-corrected chi connectivity index (χ2v) is 8.23. The van der Waals surface area contributed by atoms with Crippen LogP contribution < -0.4 is 5.73 Å². The largest absolute Gasteiger partial charge is 0.463 e. The van der Waals surface area contributed by atoms with Crippen LogP contribution in [0.5, 0.6) is 0 Å². The molecule has 154 valence electrons. The number of rotatable bonds is 6. The summed E-state index contributed by atoms with van der Waals surface area (Å²) < 4.78 is 22.6. The van der Waals surface area contributed by atoms with Crippen LogP contribution in [0.4, 0.5) is 0 Å². The third-order valence-electron chi connectivity index (χ3n) is 3.81. The Morgan fingerprint density at radius 3 is 2.32 bits per heavy atom. The molecular formula is C18H22BrNO7S. The van der Waals surface area contributed by atoms with Gasteiger partial charge >= 0.3 is 17.9 Å². The number of hydrogen-bond donors (Lipinski definition) is 1. The number of carbonyl (C=O) groups is 3. The molecule has 5 atom stereocenters. The molecule has 0 amide bonds. The van der Waals surface area contributed by atoms with Gasteiger partial charge in [-0.15, -0.1) is 0 Å². The first-order valence-electron chi connectivity index (χ1n) is 8.48. The van der Waals surface area contributed by atoms with Gasteiger partial charge in [0.2, 0.25) is 0 Å². The van der Waals surface area contributed by atoms with E-state index in [1.807, 2.05) is 24.3 Å². The fraction of sp³-hybridized carbons (Fsp3) is 0.500. The van der Waals surface area contributed by atoms with E-state index in [2.05, 4.69) is 15.9 Å². The molecule has 0 spiro atoms. The lowest BCUT2D eigenvalue weighted by Gasteiger charge is -2.43. The van der Waals surface area contributed by atoms with Crippen molar-refractivity contribution in [3.63, 3.8) is 0 Å². The van der Waals surface area contributed by atoms with E-state index in [0.717, 1.165) is 9.37 Å². The van der Waals surface area contributed by atoms with Crippen molar-refractivity contribution in [3.8, 4) is 0 Å². The quantitative estimate of drug-likeness (QED) is 0.487. The third kappa shape index (κ3) is 6.47. The van der Waals surface area contributed by atoms with Crippen molar-refractivity contribution in [3.05, 3.63) is 28.7 Å². The Morgan fingerprint density at radius 1 is 1.11 bits per heavy atom. The highest BCUT2D eigenvalue weighted by molar-refractivity contribution is 9.10. The SMILES string of the molecule is CC(=O)OCC1OC(Sc2cccc(Br)c2)C(OC(C)=O)C(N)C1OC(C)=O. The summed E-state index contributed by atoms with van der Waals surface area (Å²) in [7, 11) is 0. The fourth-order valence-electron chi connectivity index (χ4n) is 2.72. The lowest BCUT2D eigenvalue weighted by atomic mass is 9.97. The second kappa shape index (κ2) is 10.2. The first-order valence-corrected chi connectivity index (χ1v) is 10.2. The van der Waals surface area contributed by atoms with Crippen LogP contribution in [0.25, 0.3) is 0 Å². The van der Waals surface area contributed by atoms with Gasteiger partial charge in [0.05, 0.1) is 6.04 Å². The summed E-state index contributed by atoms with van der Waals surface area (Å²) >= 11 is 4.71. The van der Waals surface area contributed by atoms with Gasteiger partial charge in [0.15, 0.2) is 6.10 Å². The normalized spacial score (nSPS) is 27.0. The minimum Gasteiger partial charge on any atom is -0.463 e. The monoisotopic (exact) mass is 475 g/mol. The summed E-state index contributed by atoms with van der Waals surface area (Å²) in [5, 5.41) is 0. The Kier molecular flexibility index (Phi) is 8.29. The molecule has 1 aromatic carbocycles. The Labute approximate surface area is 175 Å². The van der Waals surface area contributed by atoms with Gasteiger partial charge < -0.3 is 24.7 Å². The van der Waals surface area contributed by atoms with Crippen molar-refractivity contribution in [1.82, 2.24) is 0 Å². The highest BCUT2D eigenvalue weighted by Gasteiger charge is 2.48. The number of nitrogens with two attached hydrogens (primary N) is 1. The fourth-order valence-corrected chi connectivity index (χ4v) is 4.46. The van der Waals surface area contributed by atoms with Crippen LogP contribution in [0.1, 0.15) is 20.8 Å². The lowest BCUT2D eigenvalue weighted by Crippen LogP contribution is -2.63. The Bertz CT molecular complexity index is 730. The van der Waals surface area contributed by atoms with E-state index in [4.69, 9.17) is 24.7 Å². The molecule has 0 aliphatic carbocycles. The second-order valence-electron chi connectivity index (χ2n) is 6.15. The number of carbonyl (C=O) groups excluding carboxylic acids is 3. The summed E-state index contributed by atoms with van der Waals surface area (Å²) in [4.78, 5) is 35.2. The van der Waals surface area contributed by atoms with Gasteiger partial charge in [0.25, 0.3) is 0 Å². The van der Waals surface area contributed by atoms with Gasteiger partial charge in [0, 0.05) is 30.1 Å². The van der Waals surface area contributed by atoms with Crippen molar-refractivity contribution >= 4 is 45.6 Å². The van der Waals surface area contributed by atoms with E-state index in [1.165, 1.54) is 32.5 Å². The molecule has 1 heterocycles. The molecule has 0 radical (unpaired) electrons. The number of halogens is 1. The number of hydrogen-bond acceptors (Lipinski definition) is 9. The van der Waals surface area contributed by atoms with Gasteiger partial charge in [-0.25, -0.2) is 0 Å². The van der Waals surface area contributed by atoms with E-state index >= 15 is 0 Å². The zero-order valence-corrected chi connectivity index (χ0v) is 18.0.